The molecule has 1 atom stereocenters. The molecule has 0 saturated carbocycles. The van der Waals surface area contributed by atoms with Crippen LogP contribution in [0.3, 0.4) is 0 Å². The van der Waals surface area contributed by atoms with Crippen molar-refractivity contribution in [1.82, 2.24) is 5.32 Å². The molecule has 3 N–H and O–H groups in total. The molecule has 0 aromatic heterocycles. The van der Waals surface area contributed by atoms with E-state index in [9.17, 15) is 4.79 Å². The zero-order chi connectivity index (χ0) is 11.2. The Balaban J connectivity index is 0. The van der Waals surface area contributed by atoms with E-state index in [1.54, 1.807) is 0 Å². The molecule has 0 heterocycles. The smallest absolute Gasteiger partial charge is 0.222 e. The van der Waals surface area contributed by atoms with Crippen molar-refractivity contribution in [2.45, 2.75) is 52.5 Å². The number of hydrogen-bond donors (Lipinski definition) is 2. The summed E-state index contributed by atoms with van der Waals surface area (Å²) < 4.78 is 0. The Morgan fingerprint density at radius 1 is 1.33 bits per heavy atom. The van der Waals surface area contributed by atoms with Gasteiger partial charge in [-0.25, -0.2) is 0 Å². The summed E-state index contributed by atoms with van der Waals surface area (Å²) in [5, 5.41) is 2.91. The number of nitrogens with two attached hydrogens (primary N) is 1. The highest BCUT2D eigenvalue weighted by Gasteiger charge is 2.21. The summed E-state index contributed by atoms with van der Waals surface area (Å²) in [7, 11) is 0. The molecule has 0 aliphatic carbocycles. The lowest BCUT2D eigenvalue weighted by Gasteiger charge is -2.27. The van der Waals surface area contributed by atoms with E-state index in [1.165, 1.54) is 0 Å². The van der Waals surface area contributed by atoms with Crippen molar-refractivity contribution in [1.29, 1.82) is 0 Å². The van der Waals surface area contributed by atoms with Gasteiger partial charge in [0.1, 0.15) is 0 Å². The fraction of sp³-hybridized carbons (Fsp3) is 0.909. The fourth-order valence-electron chi connectivity index (χ4n) is 1.12. The normalized spacial score (nSPS) is 12.9. The highest BCUT2D eigenvalue weighted by Crippen LogP contribution is 2.10. The Labute approximate surface area is 99.6 Å². The number of halogens is 1. The summed E-state index contributed by atoms with van der Waals surface area (Å²) in [4.78, 5) is 11.5. The Hall–Kier alpha value is -0.280. The standard InChI is InChI=1S/C11H24N2O.ClH/c1-5-9(4)10(14)13-8-11(12,6-2)7-3;/h9H,5-8,12H2,1-4H3,(H,13,14);1H. The molecule has 15 heavy (non-hydrogen) atoms. The molecular weight excluding hydrogens is 212 g/mol. The second kappa shape index (κ2) is 7.94. The van der Waals surface area contributed by atoms with Gasteiger partial charge < -0.3 is 11.1 Å². The van der Waals surface area contributed by atoms with Crippen LogP contribution in [-0.4, -0.2) is 18.0 Å². The Kier molecular flexibility index (Phi) is 9.07. The van der Waals surface area contributed by atoms with Crippen LogP contribution in [0.4, 0.5) is 0 Å². The summed E-state index contributed by atoms with van der Waals surface area (Å²) in [6, 6.07) is 0. The van der Waals surface area contributed by atoms with Crippen LogP contribution >= 0.6 is 12.4 Å². The minimum Gasteiger partial charge on any atom is -0.354 e. The van der Waals surface area contributed by atoms with Crippen LogP contribution < -0.4 is 11.1 Å². The molecule has 0 aromatic carbocycles. The minimum atomic E-state index is -0.233. The van der Waals surface area contributed by atoms with Crippen LogP contribution in [0.2, 0.25) is 0 Å². The summed E-state index contributed by atoms with van der Waals surface area (Å²) in [6.45, 7) is 8.64. The van der Waals surface area contributed by atoms with Gasteiger partial charge in [-0.15, -0.1) is 12.4 Å². The Morgan fingerprint density at radius 3 is 2.13 bits per heavy atom. The molecule has 0 spiro atoms. The highest BCUT2D eigenvalue weighted by atomic mass is 35.5. The number of hydrogen-bond acceptors (Lipinski definition) is 2. The molecule has 0 radical (unpaired) electrons. The van der Waals surface area contributed by atoms with Crippen molar-refractivity contribution >= 4 is 18.3 Å². The highest BCUT2D eigenvalue weighted by molar-refractivity contribution is 5.85. The fourth-order valence-corrected chi connectivity index (χ4v) is 1.12. The van der Waals surface area contributed by atoms with Gasteiger partial charge in [0.25, 0.3) is 0 Å². The number of amides is 1. The largest absolute Gasteiger partial charge is 0.354 e. The van der Waals surface area contributed by atoms with E-state index in [2.05, 4.69) is 19.2 Å². The summed E-state index contributed by atoms with van der Waals surface area (Å²) in [5.41, 5.74) is 5.84. The van der Waals surface area contributed by atoms with Gasteiger partial charge in [-0.3, -0.25) is 4.79 Å². The average molecular weight is 237 g/mol. The van der Waals surface area contributed by atoms with Gasteiger partial charge >= 0.3 is 0 Å². The molecule has 4 heteroatoms. The molecule has 1 amide bonds. The van der Waals surface area contributed by atoms with Gasteiger partial charge in [0.05, 0.1) is 0 Å². The molecule has 92 valence electrons. The van der Waals surface area contributed by atoms with Gasteiger partial charge in [0, 0.05) is 18.0 Å². The number of carbonyl (C=O) groups is 1. The quantitative estimate of drug-likeness (QED) is 0.742. The van der Waals surface area contributed by atoms with Crippen molar-refractivity contribution in [3.05, 3.63) is 0 Å². The van der Waals surface area contributed by atoms with Crippen LogP contribution in [0.25, 0.3) is 0 Å². The van der Waals surface area contributed by atoms with E-state index >= 15 is 0 Å². The van der Waals surface area contributed by atoms with E-state index < -0.39 is 0 Å². The van der Waals surface area contributed by atoms with Gasteiger partial charge in [-0.2, -0.15) is 0 Å². The van der Waals surface area contributed by atoms with E-state index in [-0.39, 0.29) is 29.8 Å². The number of rotatable bonds is 6. The Morgan fingerprint density at radius 2 is 1.80 bits per heavy atom. The molecule has 0 aliphatic heterocycles. The van der Waals surface area contributed by atoms with E-state index in [0.717, 1.165) is 19.3 Å². The van der Waals surface area contributed by atoms with Crippen molar-refractivity contribution in [3.63, 3.8) is 0 Å². The van der Waals surface area contributed by atoms with Crippen LogP contribution in [-0.2, 0) is 4.79 Å². The third-order valence-electron chi connectivity index (χ3n) is 3.08. The van der Waals surface area contributed by atoms with Gasteiger partial charge in [0.15, 0.2) is 0 Å². The van der Waals surface area contributed by atoms with E-state index in [0.29, 0.717) is 6.54 Å². The molecule has 0 aromatic rings. The predicted molar refractivity (Wildman–Crippen MR) is 67.2 cm³/mol. The molecule has 0 bridgehead atoms. The lowest BCUT2D eigenvalue weighted by Crippen LogP contribution is -2.50. The summed E-state index contributed by atoms with van der Waals surface area (Å²) >= 11 is 0. The maximum atomic E-state index is 11.5. The van der Waals surface area contributed by atoms with E-state index in [4.69, 9.17) is 5.73 Å². The minimum absolute atomic E-state index is 0. The third-order valence-corrected chi connectivity index (χ3v) is 3.08. The SMILES string of the molecule is CCC(C)C(=O)NCC(N)(CC)CC.Cl. The topological polar surface area (TPSA) is 55.1 Å². The average Bonchev–Trinajstić information content (AvgIpc) is 2.24. The first-order valence-corrected chi connectivity index (χ1v) is 5.55. The molecule has 0 fully saturated rings. The molecule has 0 saturated heterocycles. The van der Waals surface area contributed by atoms with Crippen molar-refractivity contribution in [2.24, 2.45) is 11.7 Å². The number of nitrogens with one attached hydrogen (secondary N) is 1. The van der Waals surface area contributed by atoms with Gasteiger partial charge in [0.2, 0.25) is 5.91 Å². The lowest BCUT2D eigenvalue weighted by atomic mass is 9.94. The second-order valence-corrected chi connectivity index (χ2v) is 4.10. The molecule has 3 nitrogen and oxygen atoms in total. The van der Waals surface area contributed by atoms with Gasteiger partial charge in [-0.05, 0) is 19.3 Å². The Bertz CT molecular complexity index is 181. The summed E-state index contributed by atoms with van der Waals surface area (Å²) in [6.07, 6.45) is 2.66. The van der Waals surface area contributed by atoms with Crippen molar-refractivity contribution in [3.8, 4) is 0 Å². The summed E-state index contributed by atoms with van der Waals surface area (Å²) in [5.74, 6) is 0.206. The predicted octanol–water partition coefficient (Wildman–Crippen LogP) is 2.09. The zero-order valence-corrected chi connectivity index (χ0v) is 11.1. The lowest BCUT2D eigenvalue weighted by molar-refractivity contribution is -0.124. The first-order chi connectivity index (χ1) is 6.49. The first kappa shape index (κ1) is 17.1. The van der Waals surface area contributed by atoms with Crippen LogP contribution in [0.15, 0.2) is 0 Å². The van der Waals surface area contributed by atoms with Crippen molar-refractivity contribution in [2.75, 3.05) is 6.54 Å². The second-order valence-electron chi connectivity index (χ2n) is 4.10. The van der Waals surface area contributed by atoms with Crippen molar-refractivity contribution < 1.29 is 4.79 Å². The van der Waals surface area contributed by atoms with Crippen LogP contribution in [0.1, 0.15) is 47.0 Å². The monoisotopic (exact) mass is 236 g/mol. The van der Waals surface area contributed by atoms with E-state index in [1.807, 2.05) is 13.8 Å². The molecule has 0 rings (SSSR count). The first-order valence-electron chi connectivity index (χ1n) is 5.55. The van der Waals surface area contributed by atoms with Crippen LogP contribution in [0.5, 0.6) is 0 Å². The van der Waals surface area contributed by atoms with Gasteiger partial charge in [-0.1, -0.05) is 27.7 Å². The maximum absolute atomic E-state index is 11.5. The maximum Gasteiger partial charge on any atom is 0.222 e. The zero-order valence-electron chi connectivity index (χ0n) is 10.3. The van der Waals surface area contributed by atoms with Crippen LogP contribution in [0, 0.1) is 5.92 Å². The third kappa shape index (κ3) is 6.00. The molecule has 0 aliphatic rings. The number of carbonyl (C=O) groups excluding carboxylic acids is 1. The molecule has 1 unspecified atom stereocenters. The molecular formula is C11H25ClN2O.